The zero-order valence-corrected chi connectivity index (χ0v) is 7.63. The van der Waals surface area contributed by atoms with Crippen LogP contribution in [-0.4, -0.2) is 36.8 Å². The third kappa shape index (κ3) is 1.75. The molecule has 0 heterocycles. The van der Waals surface area contributed by atoms with Crippen LogP contribution in [0, 0.1) is 0 Å². The normalized spacial score (nSPS) is 18.2. The van der Waals surface area contributed by atoms with Crippen LogP contribution >= 0.6 is 0 Å². The molecular formula is C8H15N3O. The molecule has 1 aliphatic carbocycles. The molecule has 1 fully saturated rings. The second kappa shape index (κ2) is 3.13. The van der Waals surface area contributed by atoms with Gasteiger partial charge in [-0.25, -0.2) is 0 Å². The molecule has 12 heavy (non-hydrogen) atoms. The van der Waals surface area contributed by atoms with E-state index in [4.69, 9.17) is 0 Å². The first-order chi connectivity index (χ1) is 5.60. The van der Waals surface area contributed by atoms with Gasteiger partial charge in [-0.3, -0.25) is 9.80 Å². The summed E-state index contributed by atoms with van der Waals surface area (Å²) in [6.45, 7) is 5.66. The molecule has 0 unspecified atom stereocenters. The molecule has 0 atom stereocenters. The van der Waals surface area contributed by atoms with Crippen LogP contribution in [0.3, 0.4) is 0 Å². The van der Waals surface area contributed by atoms with Crippen molar-refractivity contribution in [3.05, 3.63) is 0 Å². The Balaban J connectivity index is 2.39. The molecule has 1 saturated carbocycles. The van der Waals surface area contributed by atoms with Gasteiger partial charge in [-0.15, -0.1) is 0 Å². The number of nitrogens with one attached hydrogen (secondary N) is 1. The summed E-state index contributed by atoms with van der Waals surface area (Å²) in [6.07, 6.45) is 2.17. The minimum atomic E-state index is 0.0127. The first-order valence-electron chi connectivity index (χ1n) is 4.06. The first kappa shape index (κ1) is 9.03. The van der Waals surface area contributed by atoms with Gasteiger partial charge in [-0.1, -0.05) is 0 Å². The van der Waals surface area contributed by atoms with Crippen molar-refractivity contribution in [1.82, 2.24) is 10.3 Å². The monoisotopic (exact) mass is 169 g/mol. The number of carbonyl (C=O) groups is 1. The predicted octanol–water partition coefficient (Wildman–Crippen LogP) is 0.202. The lowest BCUT2D eigenvalue weighted by Gasteiger charge is -2.24. The summed E-state index contributed by atoms with van der Waals surface area (Å²) in [7, 11) is 1.89. The number of likely N-dealkylation sites (N-methyl/N-ethyl adjacent to an activating group) is 1. The van der Waals surface area contributed by atoms with Gasteiger partial charge in [0.05, 0.1) is 5.54 Å². The largest absolute Gasteiger partial charge is 0.354 e. The molecule has 0 radical (unpaired) electrons. The number of rotatable bonds is 4. The molecule has 1 N–H and O–H groups in total. The number of nitrogens with zero attached hydrogens (tertiary/aromatic N) is 2. The second-order valence-electron chi connectivity index (χ2n) is 3.30. The van der Waals surface area contributed by atoms with Crippen LogP contribution in [0.2, 0.25) is 0 Å². The predicted molar refractivity (Wildman–Crippen MR) is 48.0 cm³/mol. The average molecular weight is 169 g/mol. The number of hydrazone groups is 1. The highest BCUT2D eigenvalue weighted by atomic mass is 16.1. The third-order valence-corrected chi connectivity index (χ3v) is 2.39. The van der Waals surface area contributed by atoms with E-state index in [9.17, 15) is 4.79 Å². The fourth-order valence-electron chi connectivity index (χ4n) is 1.20. The van der Waals surface area contributed by atoms with Crippen molar-refractivity contribution >= 4 is 12.6 Å². The minimum Gasteiger partial charge on any atom is -0.354 e. The van der Waals surface area contributed by atoms with Crippen molar-refractivity contribution in [1.29, 1.82) is 0 Å². The quantitative estimate of drug-likeness (QED) is 0.482. The van der Waals surface area contributed by atoms with Gasteiger partial charge in [0.2, 0.25) is 5.91 Å². The molecule has 0 aromatic carbocycles. The van der Waals surface area contributed by atoms with Gasteiger partial charge in [-0.2, -0.15) is 5.10 Å². The number of carbonyl (C=O) groups excluding carboxylic acids is 1. The molecular weight excluding hydrogens is 154 g/mol. The number of hydrogen-bond donors (Lipinski definition) is 1. The van der Waals surface area contributed by atoms with E-state index in [0.29, 0.717) is 6.54 Å². The van der Waals surface area contributed by atoms with Crippen LogP contribution < -0.4 is 5.32 Å². The van der Waals surface area contributed by atoms with E-state index >= 15 is 0 Å². The van der Waals surface area contributed by atoms with Crippen LogP contribution in [0.5, 0.6) is 0 Å². The molecule has 0 spiro atoms. The van der Waals surface area contributed by atoms with E-state index in [2.05, 4.69) is 17.1 Å². The zero-order chi connectivity index (χ0) is 9.19. The summed E-state index contributed by atoms with van der Waals surface area (Å²) < 4.78 is 0. The summed E-state index contributed by atoms with van der Waals surface area (Å²) in [6, 6.07) is 0. The summed E-state index contributed by atoms with van der Waals surface area (Å²) in [4.78, 5) is 10.7. The summed E-state index contributed by atoms with van der Waals surface area (Å²) in [5.41, 5.74) is 0.0629. The molecule has 1 amide bonds. The molecule has 1 rings (SSSR count). The smallest absolute Gasteiger partial charge is 0.216 e. The average Bonchev–Trinajstić information content (AvgIpc) is 2.80. The molecule has 0 saturated heterocycles. The maximum atomic E-state index is 10.7. The van der Waals surface area contributed by atoms with Crippen LogP contribution in [0.25, 0.3) is 0 Å². The van der Waals surface area contributed by atoms with Gasteiger partial charge in [0.15, 0.2) is 0 Å². The Morgan fingerprint density at radius 2 is 2.33 bits per heavy atom. The van der Waals surface area contributed by atoms with Gasteiger partial charge in [0, 0.05) is 27.2 Å². The summed E-state index contributed by atoms with van der Waals surface area (Å²) >= 11 is 0. The van der Waals surface area contributed by atoms with Crippen molar-refractivity contribution in [2.45, 2.75) is 25.3 Å². The fourth-order valence-corrected chi connectivity index (χ4v) is 1.20. The van der Waals surface area contributed by atoms with Crippen molar-refractivity contribution in [2.24, 2.45) is 5.10 Å². The Morgan fingerprint density at radius 3 is 2.67 bits per heavy atom. The van der Waals surface area contributed by atoms with Gasteiger partial charge < -0.3 is 5.32 Å². The van der Waals surface area contributed by atoms with E-state index in [-0.39, 0.29) is 11.4 Å². The lowest BCUT2D eigenvalue weighted by Crippen LogP contribution is -2.40. The van der Waals surface area contributed by atoms with Crippen molar-refractivity contribution in [3.63, 3.8) is 0 Å². The molecule has 4 nitrogen and oxygen atoms in total. The fraction of sp³-hybridized carbons (Fsp3) is 0.750. The summed E-state index contributed by atoms with van der Waals surface area (Å²) in [5, 5.41) is 8.46. The topological polar surface area (TPSA) is 44.7 Å². The van der Waals surface area contributed by atoms with E-state index < -0.39 is 0 Å². The number of amides is 1. The second-order valence-corrected chi connectivity index (χ2v) is 3.30. The van der Waals surface area contributed by atoms with Gasteiger partial charge in [0.1, 0.15) is 0 Å². The molecule has 0 aromatic heterocycles. The molecule has 0 aromatic rings. The molecule has 68 valence electrons. The van der Waals surface area contributed by atoms with Crippen molar-refractivity contribution in [2.75, 3.05) is 13.6 Å². The van der Waals surface area contributed by atoms with Crippen LogP contribution in [0.1, 0.15) is 19.8 Å². The molecule has 4 heteroatoms. The Kier molecular flexibility index (Phi) is 2.35. The van der Waals surface area contributed by atoms with Crippen LogP contribution in [0.4, 0.5) is 0 Å². The highest BCUT2D eigenvalue weighted by Crippen LogP contribution is 2.40. The van der Waals surface area contributed by atoms with E-state index in [1.54, 1.807) is 0 Å². The van der Waals surface area contributed by atoms with Crippen molar-refractivity contribution in [3.8, 4) is 0 Å². The Labute approximate surface area is 72.6 Å². The maximum Gasteiger partial charge on any atom is 0.216 e. The lowest BCUT2D eigenvalue weighted by molar-refractivity contribution is -0.119. The Hall–Kier alpha value is -1.06. The van der Waals surface area contributed by atoms with Gasteiger partial charge >= 0.3 is 0 Å². The Morgan fingerprint density at radius 1 is 1.75 bits per heavy atom. The van der Waals surface area contributed by atoms with E-state index in [0.717, 1.165) is 12.8 Å². The highest BCUT2D eigenvalue weighted by Gasteiger charge is 2.46. The molecule has 0 aliphatic heterocycles. The minimum absolute atomic E-state index is 0.0127. The van der Waals surface area contributed by atoms with Crippen LogP contribution in [0.15, 0.2) is 5.10 Å². The highest BCUT2D eigenvalue weighted by molar-refractivity contribution is 5.72. The van der Waals surface area contributed by atoms with Gasteiger partial charge in [0.25, 0.3) is 0 Å². The molecule has 1 aliphatic rings. The van der Waals surface area contributed by atoms with E-state index in [1.165, 1.54) is 6.92 Å². The van der Waals surface area contributed by atoms with Gasteiger partial charge in [-0.05, 0) is 12.8 Å². The lowest BCUT2D eigenvalue weighted by atomic mass is 10.2. The molecule has 0 bridgehead atoms. The Bertz CT molecular complexity index is 198. The first-order valence-corrected chi connectivity index (χ1v) is 4.06. The zero-order valence-electron chi connectivity index (χ0n) is 7.63. The SMILES string of the molecule is C=NN(C)C1(CNC(C)=O)CC1. The van der Waals surface area contributed by atoms with Crippen LogP contribution in [-0.2, 0) is 4.79 Å². The maximum absolute atomic E-state index is 10.7. The summed E-state index contributed by atoms with van der Waals surface area (Å²) in [5.74, 6) is 0.0127. The van der Waals surface area contributed by atoms with E-state index in [1.807, 2.05) is 12.1 Å². The number of hydrogen-bond acceptors (Lipinski definition) is 3. The third-order valence-electron chi connectivity index (χ3n) is 2.39. The van der Waals surface area contributed by atoms with Crippen molar-refractivity contribution < 1.29 is 4.79 Å². The standard InChI is InChI=1S/C8H15N3O/c1-7(12)10-6-8(4-5-8)11(3)9-2/h2,4-6H2,1,3H3,(H,10,12).